The molecule has 0 amide bonds. The van der Waals surface area contributed by atoms with Crippen molar-refractivity contribution in [3.63, 3.8) is 0 Å². The first kappa shape index (κ1) is 12.2. The first-order valence-electron chi connectivity index (χ1n) is 4.78. The zero-order chi connectivity index (χ0) is 9.97. The minimum absolute atomic E-state index is 0. The highest BCUT2D eigenvalue weighted by molar-refractivity contribution is 5.65. The molecule has 1 aromatic heterocycles. The molecule has 0 aliphatic carbocycles. The Morgan fingerprint density at radius 3 is 2.13 bits per heavy atom. The summed E-state index contributed by atoms with van der Waals surface area (Å²) in [6.45, 7) is 2.14. The van der Waals surface area contributed by atoms with Gasteiger partial charge >= 0.3 is 0 Å². The third kappa shape index (κ3) is 2.78. The highest BCUT2D eigenvalue weighted by atomic mass is 127. The Labute approximate surface area is 108 Å². The third-order valence-electron chi connectivity index (χ3n) is 2.43. The van der Waals surface area contributed by atoms with Crippen LogP contribution in [0.3, 0.4) is 0 Å². The molecular formula is C13H14IN. The van der Waals surface area contributed by atoms with Crippen LogP contribution < -0.4 is 28.5 Å². The molecule has 2 aromatic rings. The number of aromatic nitrogens is 1. The van der Waals surface area contributed by atoms with Gasteiger partial charge in [-0.2, -0.15) is 0 Å². The molecule has 15 heavy (non-hydrogen) atoms. The Kier molecular flexibility index (Phi) is 4.27. The highest BCUT2D eigenvalue weighted by Crippen LogP contribution is 2.21. The maximum atomic E-state index is 2.16. The van der Waals surface area contributed by atoms with E-state index in [9.17, 15) is 0 Å². The van der Waals surface area contributed by atoms with Crippen LogP contribution in [-0.2, 0) is 7.05 Å². The standard InChI is InChI=1S/C13H14N.HI/c1-11-5-3-4-6-13(11)12-7-9-14(2)10-8-12;/h3-10H,1-2H3;1H/q+1;/p-1. The maximum absolute atomic E-state index is 2.16. The van der Waals surface area contributed by atoms with Gasteiger partial charge in [-0.25, -0.2) is 4.57 Å². The number of hydrogen-bond donors (Lipinski definition) is 0. The lowest BCUT2D eigenvalue weighted by Gasteiger charge is -2.03. The van der Waals surface area contributed by atoms with Gasteiger partial charge < -0.3 is 24.0 Å². The van der Waals surface area contributed by atoms with E-state index >= 15 is 0 Å². The van der Waals surface area contributed by atoms with E-state index in [0.29, 0.717) is 0 Å². The van der Waals surface area contributed by atoms with E-state index < -0.39 is 0 Å². The van der Waals surface area contributed by atoms with Gasteiger partial charge in [-0.3, -0.25) is 0 Å². The summed E-state index contributed by atoms with van der Waals surface area (Å²) in [7, 11) is 2.03. The molecule has 0 fully saturated rings. The van der Waals surface area contributed by atoms with Gasteiger partial charge in [-0.05, 0) is 23.6 Å². The fourth-order valence-electron chi connectivity index (χ4n) is 1.58. The third-order valence-corrected chi connectivity index (χ3v) is 2.43. The topological polar surface area (TPSA) is 3.88 Å². The predicted molar refractivity (Wildman–Crippen MR) is 57.8 cm³/mol. The van der Waals surface area contributed by atoms with Crippen LogP contribution in [0.25, 0.3) is 11.1 Å². The van der Waals surface area contributed by atoms with Crippen LogP contribution in [0.2, 0.25) is 0 Å². The average molecular weight is 311 g/mol. The SMILES string of the molecule is Cc1ccccc1-c1cc[n+](C)cc1.[I-]. The second-order valence-electron chi connectivity index (χ2n) is 3.57. The number of hydrogen-bond acceptors (Lipinski definition) is 0. The molecule has 0 saturated heterocycles. The summed E-state index contributed by atoms with van der Waals surface area (Å²) in [6, 6.07) is 12.7. The number of aryl methyl sites for hydroxylation is 2. The number of pyridine rings is 1. The lowest BCUT2D eigenvalue weighted by atomic mass is 10.0. The Morgan fingerprint density at radius 1 is 0.933 bits per heavy atom. The molecule has 1 nitrogen and oxygen atoms in total. The lowest BCUT2D eigenvalue weighted by molar-refractivity contribution is -0.671. The number of nitrogens with zero attached hydrogens (tertiary/aromatic N) is 1. The van der Waals surface area contributed by atoms with Gasteiger partial charge in [0, 0.05) is 12.1 Å². The molecule has 0 atom stereocenters. The van der Waals surface area contributed by atoms with Gasteiger partial charge in [0.05, 0.1) is 0 Å². The van der Waals surface area contributed by atoms with Crippen LogP contribution in [0.4, 0.5) is 0 Å². The summed E-state index contributed by atoms with van der Waals surface area (Å²) in [5.41, 5.74) is 3.91. The summed E-state index contributed by atoms with van der Waals surface area (Å²) in [5.74, 6) is 0. The van der Waals surface area contributed by atoms with Gasteiger partial charge in [-0.1, -0.05) is 24.3 Å². The van der Waals surface area contributed by atoms with Crippen molar-refractivity contribution in [2.24, 2.45) is 7.05 Å². The normalized spacial score (nSPS) is 9.47. The number of rotatable bonds is 1. The van der Waals surface area contributed by atoms with Crippen LogP contribution in [0.1, 0.15) is 5.56 Å². The Morgan fingerprint density at radius 2 is 1.53 bits per heavy atom. The largest absolute Gasteiger partial charge is 1.00 e. The molecule has 0 bridgehead atoms. The van der Waals surface area contributed by atoms with Gasteiger partial charge in [0.25, 0.3) is 0 Å². The van der Waals surface area contributed by atoms with Gasteiger partial charge in [0.15, 0.2) is 12.4 Å². The molecule has 1 heterocycles. The first-order valence-corrected chi connectivity index (χ1v) is 4.78. The Bertz CT molecular complexity index is 435. The van der Waals surface area contributed by atoms with Crippen LogP contribution in [0.5, 0.6) is 0 Å². The summed E-state index contributed by atoms with van der Waals surface area (Å²) in [4.78, 5) is 0. The van der Waals surface area contributed by atoms with Crippen LogP contribution in [0.15, 0.2) is 48.8 Å². The van der Waals surface area contributed by atoms with E-state index in [2.05, 4.69) is 55.7 Å². The molecule has 1 aromatic carbocycles. The summed E-state index contributed by atoms with van der Waals surface area (Å²) in [6.07, 6.45) is 4.14. The molecule has 0 saturated carbocycles. The Balaban J connectivity index is 0.00000112. The first-order chi connectivity index (χ1) is 6.77. The molecule has 0 unspecified atom stereocenters. The minimum Gasteiger partial charge on any atom is -1.00 e. The molecule has 78 valence electrons. The summed E-state index contributed by atoms with van der Waals surface area (Å²) < 4.78 is 2.04. The lowest BCUT2D eigenvalue weighted by Crippen LogP contribution is -3.00. The summed E-state index contributed by atoms with van der Waals surface area (Å²) >= 11 is 0. The summed E-state index contributed by atoms with van der Waals surface area (Å²) in [5, 5.41) is 0. The second kappa shape index (κ2) is 5.26. The van der Waals surface area contributed by atoms with Crippen LogP contribution in [0, 0.1) is 6.92 Å². The van der Waals surface area contributed by atoms with Crippen molar-refractivity contribution in [2.45, 2.75) is 6.92 Å². The highest BCUT2D eigenvalue weighted by Gasteiger charge is 2.01. The van der Waals surface area contributed by atoms with Crippen molar-refractivity contribution < 1.29 is 28.5 Å². The van der Waals surface area contributed by atoms with E-state index in [4.69, 9.17) is 0 Å². The van der Waals surface area contributed by atoms with E-state index in [-0.39, 0.29) is 24.0 Å². The zero-order valence-corrected chi connectivity index (χ0v) is 11.1. The van der Waals surface area contributed by atoms with Crippen molar-refractivity contribution >= 4 is 0 Å². The van der Waals surface area contributed by atoms with E-state index in [1.165, 1.54) is 16.7 Å². The monoisotopic (exact) mass is 311 g/mol. The Hall–Kier alpha value is -0.900. The molecule has 0 aliphatic rings. The van der Waals surface area contributed by atoms with Crippen molar-refractivity contribution in [1.82, 2.24) is 0 Å². The zero-order valence-electron chi connectivity index (χ0n) is 8.94. The van der Waals surface area contributed by atoms with E-state index in [1.807, 2.05) is 11.6 Å². The second-order valence-corrected chi connectivity index (χ2v) is 3.57. The van der Waals surface area contributed by atoms with Crippen LogP contribution in [-0.4, -0.2) is 0 Å². The maximum Gasteiger partial charge on any atom is 0.169 e. The fourth-order valence-corrected chi connectivity index (χ4v) is 1.58. The molecule has 0 N–H and O–H groups in total. The molecule has 2 heteroatoms. The molecular weight excluding hydrogens is 297 g/mol. The average Bonchev–Trinajstić information content (AvgIpc) is 2.20. The predicted octanol–water partition coefficient (Wildman–Crippen LogP) is -0.509. The van der Waals surface area contributed by atoms with Gasteiger partial charge in [0.1, 0.15) is 7.05 Å². The van der Waals surface area contributed by atoms with Gasteiger partial charge in [0.2, 0.25) is 0 Å². The fraction of sp³-hybridized carbons (Fsp3) is 0.154. The quantitative estimate of drug-likeness (QED) is 0.493. The van der Waals surface area contributed by atoms with Crippen molar-refractivity contribution in [2.75, 3.05) is 0 Å². The smallest absolute Gasteiger partial charge is 0.169 e. The minimum atomic E-state index is 0. The molecule has 0 radical (unpaired) electrons. The van der Waals surface area contributed by atoms with Crippen LogP contribution >= 0.6 is 0 Å². The van der Waals surface area contributed by atoms with Crippen molar-refractivity contribution in [3.05, 3.63) is 54.4 Å². The van der Waals surface area contributed by atoms with Crippen molar-refractivity contribution in [1.29, 1.82) is 0 Å². The van der Waals surface area contributed by atoms with Gasteiger partial charge in [-0.15, -0.1) is 0 Å². The van der Waals surface area contributed by atoms with Crippen molar-refractivity contribution in [3.8, 4) is 11.1 Å². The van der Waals surface area contributed by atoms with E-state index in [0.717, 1.165) is 0 Å². The van der Waals surface area contributed by atoms with E-state index in [1.54, 1.807) is 0 Å². The molecule has 0 aliphatic heterocycles. The number of benzene rings is 1. The molecule has 0 spiro atoms. The molecule has 2 rings (SSSR count). The number of halogens is 1.